The largest absolute Gasteiger partial charge is 0.395 e. The summed E-state index contributed by atoms with van der Waals surface area (Å²) in [5.41, 5.74) is 7.70. The SMILES string of the molecule is CCCCCCCCc1ccc(C(O)C(N)CO)cc1. The van der Waals surface area contributed by atoms with E-state index in [4.69, 9.17) is 10.8 Å². The van der Waals surface area contributed by atoms with Gasteiger partial charge in [0, 0.05) is 0 Å². The average molecular weight is 279 g/mol. The Morgan fingerprint density at radius 2 is 1.60 bits per heavy atom. The molecule has 0 saturated heterocycles. The van der Waals surface area contributed by atoms with E-state index in [1.807, 2.05) is 12.1 Å². The van der Waals surface area contributed by atoms with Gasteiger partial charge in [-0.2, -0.15) is 0 Å². The number of unbranched alkanes of at least 4 members (excludes halogenated alkanes) is 5. The molecule has 3 heteroatoms. The van der Waals surface area contributed by atoms with Gasteiger partial charge in [-0.05, 0) is 24.0 Å². The fourth-order valence-corrected chi connectivity index (χ4v) is 2.34. The van der Waals surface area contributed by atoms with Crippen LogP contribution in [0.25, 0.3) is 0 Å². The highest BCUT2D eigenvalue weighted by Gasteiger charge is 2.15. The zero-order valence-electron chi connectivity index (χ0n) is 12.6. The smallest absolute Gasteiger partial charge is 0.0963 e. The van der Waals surface area contributed by atoms with Crippen LogP contribution in [0.1, 0.15) is 62.7 Å². The van der Waals surface area contributed by atoms with Crippen LogP contribution in [0.5, 0.6) is 0 Å². The van der Waals surface area contributed by atoms with Gasteiger partial charge < -0.3 is 15.9 Å². The molecule has 114 valence electrons. The van der Waals surface area contributed by atoms with Gasteiger partial charge in [-0.25, -0.2) is 0 Å². The van der Waals surface area contributed by atoms with Crippen LogP contribution in [-0.4, -0.2) is 22.9 Å². The van der Waals surface area contributed by atoms with Crippen molar-refractivity contribution in [2.24, 2.45) is 5.73 Å². The highest BCUT2D eigenvalue weighted by Crippen LogP contribution is 2.17. The summed E-state index contributed by atoms with van der Waals surface area (Å²) in [5.74, 6) is 0. The van der Waals surface area contributed by atoms with Crippen molar-refractivity contribution in [1.29, 1.82) is 0 Å². The Bertz CT molecular complexity index is 351. The molecular weight excluding hydrogens is 250 g/mol. The second-order valence-corrected chi connectivity index (χ2v) is 5.55. The van der Waals surface area contributed by atoms with Gasteiger partial charge in [0.1, 0.15) is 0 Å². The third-order valence-corrected chi connectivity index (χ3v) is 3.76. The van der Waals surface area contributed by atoms with E-state index in [-0.39, 0.29) is 6.61 Å². The highest BCUT2D eigenvalue weighted by atomic mass is 16.3. The molecule has 20 heavy (non-hydrogen) atoms. The maximum Gasteiger partial charge on any atom is 0.0963 e. The third-order valence-electron chi connectivity index (χ3n) is 3.76. The van der Waals surface area contributed by atoms with Crippen LogP contribution in [-0.2, 0) is 6.42 Å². The lowest BCUT2D eigenvalue weighted by Gasteiger charge is -2.17. The Morgan fingerprint density at radius 3 is 2.20 bits per heavy atom. The maximum absolute atomic E-state index is 9.89. The number of hydrogen-bond acceptors (Lipinski definition) is 3. The fourth-order valence-electron chi connectivity index (χ4n) is 2.34. The zero-order valence-corrected chi connectivity index (χ0v) is 12.6. The zero-order chi connectivity index (χ0) is 14.8. The molecule has 0 bridgehead atoms. The van der Waals surface area contributed by atoms with E-state index in [0.29, 0.717) is 0 Å². The van der Waals surface area contributed by atoms with Crippen molar-refractivity contribution in [3.8, 4) is 0 Å². The Kier molecular flexibility index (Phi) is 8.51. The summed E-state index contributed by atoms with van der Waals surface area (Å²) in [4.78, 5) is 0. The molecule has 3 nitrogen and oxygen atoms in total. The van der Waals surface area contributed by atoms with E-state index < -0.39 is 12.1 Å². The minimum Gasteiger partial charge on any atom is -0.395 e. The Labute approximate surface area is 122 Å². The van der Waals surface area contributed by atoms with E-state index in [9.17, 15) is 5.11 Å². The second-order valence-electron chi connectivity index (χ2n) is 5.55. The molecule has 0 heterocycles. The molecule has 0 radical (unpaired) electrons. The quantitative estimate of drug-likeness (QED) is 0.577. The second kappa shape index (κ2) is 9.92. The number of hydrogen-bond donors (Lipinski definition) is 3. The highest BCUT2D eigenvalue weighted by molar-refractivity contribution is 5.25. The molecule has 1 aromatic rings. The van der Waals surface area contributed by atoms with Gasteiger partial charge in [-0.1, -0.05) is 63.3 Å². The monoisotopic (exact) mass is 279 g/mol. The predicted octanol–water partition coefficient (Wildman–Crippen LogP) is 2.94. The first-order chi connectivity index (χ1) is 9.69. The standard InChI is InChI=1S/C17H29NO2/c1-2-3-4-5-6-7-8-14-9-11-15(12-10-14)17(20)16(18)13-19/h9-12,16-17,19-20H,2-8,13,18H2,1H3. The Balaban J connectivity index is 2.31. The summed E-state index contributed by atoms with van der Waals surface area (Å²) in [6.07, 6.45) is 8.13. The third kappa shape index (κ3) is 6.04. The van der Waals surface area contributed by atoms with Crippen molar-refractivity contribution >= 4 is 0 Å². The molecule has 2 atom stereocenters. The predicted molar refractivity (Wildman–Crippen MR) is 83.5 cm³/mol. The first-order valence-electron chi connectivity index (χ1n) is 7.82. The van der Waals surface area contributed by atoms with Gasteiger partial charge in [-0.15, -0.1) is 0 Å². The van der Waals surface area contributed by atoms with Crippen molar-refractivity contribution in [3.63, 3.8) is 0 Å². The van der Waals surface area contributed by atoms with Gasteiger partial charge in [-0.3, -0.25) is 0 Å². The lowest BCUT2D eigenvalue weighted by atomic mass is 9.99. The van der Waals surface area contributed by atoms with Crippen molar-refractivity contribution in [2.75, 3.05) is 6.61 Å². The number of benzene rings is 1. The van der Waals surface area contributed by atoms with E-state index >= 15 is 0 Å². The summed E-state index contributed by atoms with van der Waals surface area (Å²) in [6.45, 7) is 2.03. The summed E-state index contributed by atoms with van der Waals surface area (Å²) in [5, 5.41) is 18.8. The van der Waals surface area contributed by atoms with Crippen LogP contribution in [0.3, 0.4) is 0 Å². The first kappa shape index (κ1) is 17.2. The molecule has 2 unspecified atom stereocenters. The number of aryl methyl sites for hydroxylation is 1. The van der Waals surface area contributed by atoms with Crippen LogP contribution >= 0.6 is 0 Å². The topological polar surface area (TPSA) is 66.5 Å². The molecule has 0 amide bonds. The molecule has 0 spiro atoms. The van der Waals surface area contributed by atoms with Crippen molar-refractivity contribution in [2.45, 2.75) is 64.0 Å². The maximum atomic E-state index is 9.89. The number of aliphatic hydroxyl groups is 2. The van der Waals surface area contributed by atoms with Crippen LogP contribution in [0.2, 0.25) is 0 Å². The van der Waals surface area contributed by atoms with E-state index in [1.54, 1.807) is 0 Å². The lowest BCUT2D eigenvalue weighted by molar-refractivity contribution is 0.109. The molecule has 0 aromatic heterocycles. The normalized spacial score (nSPS) is 14.2. The molecular formula is C17H29NO2. The van der Waals surface area contributed by atoms with Gasteiger partial charge >= 0.3 is 0 Å². The molecule has 0 saturated carbocycles. The number of rotatable bonds is 10. The van der Waals surface area contributed by atoms with Crippen molar-refractivity contribution < 1.29 is 10.2 Å². The van der Waals surface area contributed by atoms with Crippen LogP contribution in [0.15, 0.2) is 24.3 Å². The van der Waals surface area contributed by atoms with Crippen LogP contribution in [0, 0.1) is 0 Å². The average Bonchev–Trinajstić information content (AvgIpc) is 2.50. The van der Waals surface area contributed by atoms with Crippen molar-refractivity contribution in [3.05, 3.63) is 35.4 Å². The molecule has 0 fully saturated rings. The fraction of sp³-hybridized carbons (Fsp3) is 0.647. The lowest BCUT2D eigenvalue weighted by Crippen LogP contribution is -2.31. The van der Waals surface area contributed by atoms with E-state index in [1.165, 1.54) is 44.1 Å². The summed E-state index contributed by atoms with van der Waals surface area (Å²) in [6, 6.07) is 7.31. The molecule has 4 N–H and O–H groups in total. The summed E-state index contributed by atoms with van der Waals surface area (Å²) >= 11 is 0. The van der Waals surface area contributed by atoms with Crippen LogP contribution < -0.4 is 5.73 Å². The first-order valence-corrected chi connectivity index (χ1v) is 7.82. The van der Waals surface area contributed by atoms with E-state index in [0.717, 1.165) is 12.0 Å². The van der Waals surface area contributed by atoms with Gasteiger partial charge in [0.25, 0.3) is 0 Å². The minimum absolute atomic E-state index is 0.208. The number of nitrogens with two attached hydrogens (primary N) is 1. The minimum atomic E-state index is -0.789. The Hall–Kier alpha value is -0.900. The molecule has 1 aromatic carbocycles. The molecule has 1 rings (SSSR count). The summed E-state index contributed by atoms with van der Waals surface area (Å²) in [7, 11) is 0. The Morgan fingerprint density at radius 1 is 1.00 bits per heavy atom. The molecule has 0 aliphatic carbocycles. The van der Waals surface area contributed by atoms with Crippen LogP contribution in [0.4, 0.5) is 0 Å². The van der Waals surface area contributed by atoms with E-state index in [2.05, 4.69) is 19.1 Å². The summed E-state index contributed by atoms with van der Waals surface area (Å²) < 4.78 is 0. The van der Waals surface area contributed by atoms with Gasteiger partial charge in [0.2, 0.25) is 0 Å². The van der Waals surface area contributed by atoms with Gasteiger partial charge in [0.05, 0.1) is 18.8 Å². The molecule has 0 aliphatic rings. The number of aliphatic hydroxyl groups excluding tert-OH is 2. The molecule has 0 aliphatic heterocycles. The van der Waals surface area contributed by atoms with Gasteiger partial charge in [0.15, 0.2) is 0 Å². The van der Waals surface area contributed by atoms with Crippen molar-refractivity contribution in [1.82, 2.24) is 0 Å².